The highest BCUT2D eigenvalue weighted by molar-refractivity contribution is 5.80. The number of H-pyrrole nitrogens is 1. The average Bonchev–Trinajstić information content (AvgIpc) is 3.39. The molecule has 0 unspecified atom stereocenters. The zero-order valence-electron chi connectivity index (χ0n) is 21.0. The number of piperidine rings is 1. The molecule has 1 saturated heterocycles. The minimum atomic E-state index is -0.416. The van der Waals surface area contributed by atoms with Gasteiger partial charge in [-0.15, -0.1) is 5.10 Å². The Morgan fingerprint density at radius 2 is 1.92 bits per heavy atom. The first-order valence-electron chi connectivity index (χ1n) is 13.0. The Morgan fingerprint density at radius 3 is 2.64 bits per heavy atom. The molecule has 1 aliphatic heterocycles. The summed E-state index contributed by atoms with van der Waals surface area (Å²) in [6, 6.07) is 7.41. The molecule has 1 aromatic carbocycles. The van der Waals surface area contributed by atoms with E-state index in [0.717, 1.165) is 36.6 Å². The number of benzene rings is 1. The molecule has 0 bridgehead atoms. The number of methoxy groups -OCH3 is 1. The Balaban J connectivity index is 1.54. The van der Waals surface area contributed by atoms with E-state index >= 15 is 0 Å². The zero-order chi connectivity index (χ0) is 25.1. The summed E-state index contributed by atoms with van der Waals surface area (Å²) >= 11 is 0. The second-order valence-electron chi connectivity index (χ2n) is 9.75. The molecule has 10 nitrogen and oxygen atoms in total. The lowest BCUT2D eigenvalue weighted by atomic mass is 9.93. The molecule has 36 heavy (non-hydrogen) atoms. The molecule has 10 heteroatoms. The van der Waals surface area contributed by atoms with Gasteiger partial charge in [-0.25, -0.2) is 4.68 Å². The number of hydrogen-bond acceptors (Lipinski definition) is 8. The highest BCUT2D eigenvalue weighted by atomic mass is 16.5. The van der Waals surface area contributed by atoms with Gasteiger partial charge in [0.1, 0.15) is 11.8 Å². The number of likely N-dealkylation sites (tertiary alicyclic amines) is 1. The minimum absolute atomic E-state index is 0.126. The molecule has 0 radical (unpaired) electrons. The maximum absolute atomic E-state index is 13.5. The number of aromatic amines is 1. The highest BCUT2D eigenvalue weighted by Gasteiger charge is 2.36. The van der Waals surface area contributed by atoms with Gasteiger partial charge in [0.2, 0.25) is 0 Å². The summed E-state index contributed by atoms with van der Waals surface area (Å²) in [7, 11) is 1.61. The summed E-state index contributed by atoms with van der Waals surface area (Å²) in [4.78, 5) is 31.1. The van der Waals surface area contributed by atoms with Crippen molar-refractivity contribution in [1.29, 1.82) is 0 Å². The van der Waals surface area contributed by atoms with Gasteiger partial charge in [0, 0.05) is 24.7 Å². The van der Waals surface area contributed by atoms with E-state index in [1.807, 2.05) is 35.9 Å². The number of tetrazole rings is 1. The average molecular weight is 495 g/mol. The summed E-state index contributed by atoms with van der Waals surface area (Å²) in [6.07, 6.45) is 6.93. The lowest BCUT2D eigenvalue weighted by Crippen LogP contribution is -2.42. The van der Waals surface area contributed by atoms with Gasteiger partial charge in [-0.05, 0) is 66.6 Å². The van der Waals surface area contributed by atoms with Crippen LogP contribution in [0.25, 0.3) is 10.9 Å². The Labute approximate surface area is 210 Å². The number of nitrogens with one attached hydrogen (secondary N) is 1. The van der Waals surface area contributed by atoms with Crippen molar-refractivity contribution in [3.63, 3.8) is 0 Å². The Bertz CT molecular complexity index is 1260. The van der Waals surface area contributed by atoms with E-state index < -0.39 is 6.04 Å². The van der Waals surface area contributed by atoms with Gasteiger partial charge in [0.25, 0.3) is 5.56 Å². The van der Waals surface area contributed by atoms with E-state index in [1.165, 1.54) is 6.42 Å². The lowest BCUT2D eigenvalue weighted by Gasteiger charge is -2.36. The van der Waals surface area contributed by atoms with Crippen molar-refractivity contribution < 1.29 is 14.3 Å². The molecule has 1 atom stereocenters. The van der Waals surface area contributed by atoms with Crippen LogP contribution in [-0.4, -0.2) is 62.9 Å². The van der Waals surface area contributed by atoms with Crippen molar-refractivity contribution in [2.24, 2.45) is 5.92 Å². The Hall–Kier alpha value is -3.27. The van der Waals surface area contributed by atoms with Gasteiger partial charge in [-0.3, -0.25) is 14.5 Å². The Morgan fingerprint density at radius 1 is 1.14 bits per heavy atom. The van der Waals surface area contributed by atoms with Gasteiger partial charge < -0.3 is 14.5 Å². The summed E-state index contributed by atoms with van der Waals surface area (Å²) < 4.78 is 12.5. The molecule has 2 fully saturated rings. The van der Waals surface area contributed by atoms with Crippen LogP contribution in [0.15, 0.2) is 29.1 Å². The van der Waals surface area contributed by atoms with Gasteiger partial charge >= 0.3 is 5.97 Å². The quantitative estimate of drug-likeness (QED) is 0.497. The van der Waals surface area contributed by atoms with Crippen LogP contribution in [0.5, 0.6) is 5.75 Å². The van der Waals surface area contributed by atoms with E-state index in [1.54, 1.807) is 7.11 Å². The van der Waals surface area contributed by atoms with Gasteiger partial charge in [0.05, 0.1) is 31.2 Å². The number of hydrogen-bond donors (Lipinski definition) is 1. The van der Waals surface area contributed by atoms with Gasteiger partial charge in [0.15, 0.2) is 5.82 Å². The maximum Gasteiger partial charge on any atom is 0.309 e. The molecule has 192 valence electrons. The molecule has 0 amide bonds. The first-order chi connectivity index (χ1) is 17.6. The van der Waals surface area contributed by atoms with Crippen LogP contribution in [0.3, 0.4) is 0 Å². The largest absolute Gasteiger partial charge is 0.497 e. The third-order valence-corrected chi connectivity index (χ3v) is 7.57. The molecule has 5 rings (SSSR count). The third-order valence-electron chi connectivity index (χ3n) is 7.57. The standard InChI is InChI=1S/C26H34N6O4/c1-3-36-26(34)17-11-13-31(14-12-17)23(24-28-29-30-32(24)19-7-5-4-6-8-19)21-15-18-9-10-20(35-2)16-22(18)27-25(21)33/h9-10,15-17,19,23H,3-8,11-14H2,1-2H3,(H,27,33)/t23-/m1/s1. The number of esters is 1. The normalized spacial score (nSPS) is 18.8. The topological polar surface area (TPSA) is 115 Å². The van der Waals surface area contributed by atoms with Crippen molar-refractivity contribution in [3.05, 3.63) is 46.0 Å². The van der Waals surface area contributed by atoms with Crippen molar-refractivity contribution >= 4 is 16.9 Å². The third kappa shape index (κ3) is 4.86. The lowest BCUT2D eigenvalue weighted by molar-refractivity contribution is -0.149. The van der Waals surface area contributed by atoms with Crippen LogP contribution < -0.4 is 10.3 Å². The van der Waals surface area contributed by atoms with Crippen LogP contribution in [-0.2, 0) is 9.53 Å². The van der Waals surface area contributed by atoms with Crippen molar-refractivity contribution in [2.75, 3.05) is 26.8 Å². The van der Waals surface area contributed by atoms with Gasteiger partial charge in [-0.1, -0.05) is 19.3 Å². The predicted molar refractivity (Wildman–Crippen MR) is 134 cm³/mol. The Kier molecular flexibility index (Phi) is 7.31. The second kappa shape index (κ2) is 10.8. The molecule has 3 heterocycles. The molecule has 1 N–H and O–H groups in total. The number of aromatic nitrogens is 5. The van der Waals surface area contributed by atoms with E-state index in [4.69, 9.17) is 9.47 Å². The van der Waals surface area contributed by atoms with Crippen LogP contribution in [0.1, 0.15) is 75.3 Å². The molecule has 1 aliphatic carbocycles. The molecule has 3 aromatic rings. The van der Waals surface area contributed by atoms with Crippen molar-refractivity contribution in [2.45, 2.75) is 64.0 Å². The number of carbonyl (C=O) groups is 1. The first-order valence-corrected chi connectivity index (χ1v) is 13.0. The molecule has 2 aromatic heterocycles. The first kappa shape index (κ1) is 24.4. The monoisotopic (exact) mass is 494 g/mol. The molecular weight excluding hydrogens is 460 g/mol. The highest BCUT2D eigenvalue weighted by Crippen LogP contribution is 2.35. The maximum atomic E-state index is 13.5. The van der Waals surface area contributed by atoms with Crippen LogP contribution >= 0.6 is 0 Å². The summed E-state index contributed by atoms with van der Waals surface area (Å²) in [5, 5.41) is 13.8. The summed E-state index contributed by atoms with van der Waals surface area (Å²) in [5.74, 6) is 1.11. The molecular formula is C26H34N6O4. The summed E-state index contributed by atoms with van der Waals surface area (Å²) in [5.41, 5.74) is 1.15. The molecule has 1 saturated carbocycles. The summed E-state index contributed by atoms with van der Waals surface area (Å²) in [6.45, 7) is 3.50. The number of nitrogens with zero attached hydrogens (tertiary/aromatic N) is 5. The SMILES string of the molecule is CCOC(=O)C1CCN([C@H](c2cc3ccc(OC)cc3[nH]c2=O)c2nnnn2C2CCCCC2)CC1. The van der Waals surface area contributed by atoms with E-state index in [2.05, 4.69) is 25.4 Å². The van der Waals surface area contributed by atoms with E-state index in [0.29, 0.717) is 49.7 Å². The smallest absolute Gasteiger partial charge is 0.309 e. The van der Waals surface area contributed by atoms with E-state index in [9.17, 15) is 9.59 Å². The van der Waals surface area contributed by atoms with Crippen molar-refractivity contribution in [1.82, 2.24) is 30.1 Å². The van der Waals surface area contributed by atoms with Crippen LogP contribution in [0, 0.1) is 5.92 Å². The molecule has 0 spiro atoms. The fraction of sp³-hybridized carbons (Fsp3) is 0.577. The molecule has 2 aliphatic rings. The van der Waals surface area contributed by atoms with Crippen LogP contribution in [0.4, 0.5) is 0 Å². The number of fused-ring (bicyclic) bond motifs is 1. The second-order valence-corrected chi connectivity index (χ2v) is 9.75. The number of carbonyl (C=O) groups excluding carboxylic acids is 1. The predicted octanol–water partition coefficient (Wildman–Crippen LogP) is 3.39. The van der Waals surface area contributed by atoms with Crippen LogP contribution in [0.2, 0.25) is 0 Å². The number of ether oxygens (including phenoxy) is 2. The van der Waals surface area contributed by atoms with Gasteiger partial charge in [-0.2, -0.15) is 0 Å². The fourth-order valence-corrected chi connectivity index (χ4v) is 5.65. The number of pyridine rings is 1. The zero-order valence-corrected chi connectivity index (χ0v) is 21.0. The minimum Gasteiger partial charge on any atom is -0.497 e. The number of rotatable bonds is 7. The fourth-order valence-electron chi connectivity index (χ4n) is 5.65. The van der Waals surface area contributed by atoms with Crippen molar-refractivity contribution in [3.8, 4) is 5.75 Å². The van der Waals surface area contributed by atoms with E-state index in [-0.39, 0.29) is 23.5 Å².